The molecule has 10 nitrogen and oxygen atoms in total. The zero-order valence-corrected chi connectivity index (χ0v) is 19.5. The summed E-state index contributed by atoms with van der Waals surface area (Å²) < 4.78 is 11.0. The van der Waals surface area contributed by atoms with E-state index < -0.39 is 30.0 Å². The van der Waals surface area contributed by atoms with Crippen LogP contribution in [0.4, 0.5) is 0 Å². The van der Waals surface area contributed by atoms with Gasteiger partial charge in [-0.1, -0.05) is 16.7 Å². The van der Waals surface area contributed by atoms with E-state index in [-0.39, 0.29) is 30.4 Å². The topological polar surface area (TPSA) is 114 Å². The molecule has 3 aliphatic rings. The van der Waals surface area contributed by atoms with E-state index in [9.17, 15) is 19.2 Å². The number of hydroxylamine groups is 2. The molecule has 3 aliphatic heterocycles. The number of carbonyl (C=O) groups is 4. The quantitative estimate of drug-likeness (QED) is 0.547. The lowest BCUT2D eigenvalue weighted by Crippen LogP contribution is -2.55. The van der Waals surface area contributed by atoms with Gasteiger partial charge in [-0.3, -0.25) is 14.5 Å². The van der Waals surface area contributed by atoms with Crippen LogP contribution in [-0.4, -0.2) is 85.1 Å². The van der Waals surface area contributed by atoms with Crippen molar-refractivity contribution in [3.05, 3.63) is 40.9 Å². The van der Waals surface area contributed by atoms with Crippen LogP contribution in [0, 0.1) is 5.92 Å². The molecule has 0 amide bonds. The molecule has 1 N–H and O–H groups in total. The number of rotatable bonds is 7. The van der Waals surface area contributed by atoms with E-state index in [0.717, 1.165) is 6.08 Å². The highest BCUT2D eigenvalue weighted by molar-refractivity contribution is 6.30. The summed E-state index contributed by atoms with van der Waals surface area (Å²) in [6.07, 6.45) is 0.809. The van der Waals surface area contributed by atoms with Gasteiger partial charge in [-0.2, -0.15) is 0 Å². The molecule has 4 rings (SSSR count). The number of hydrogen-bond donors (Lipinski definition) is 1. The lowest BCUT2D eigenvalue weighted by molar-refractivity contribution is -0.244. The Morgan fingerprint density at radius 1 is 1.24 bits per heavy atom. The molecule has 2 saturated heterocycles. The van der Waals surface area contributed by atoms with Gasteiger partial charge in [-0.05, 0) is 44.2 Å². The molecule has 0 bridgehead atoms. The van der Waals surface area contributed by atoms with Crippen LogP contribution in [-0.2, 0) is 28.8 Å². The van der Waals surface area contributed by atoms with Gasteiger partial charge in [0, 0.05) is 36.7 Å². The third kappa shape index (κ3) is 5.64. The van der Waals surface area contributed by atoms with Gasteiger partial charge in [-0.15, -0.1) is 0 Å². The minimum absolute atomic E-state index is 0.00315. The molecular weight excluding hydrogens is 466 g/mol. The zero-order chi connectivity index (χ0) is 24.2. The third-order valence-corrected chi connectivity index (χ3v) is 6.32. The molecule has 0 aliphatic carbocycles. The normalized spacial score (nSPS) is 26.2. The molecule has 34 heavy (non-hydrogen) atoms. The van der Waals surface area contributed by atoms with Crippen molar-refractivity contribution in [3.8, 4) is 5.75 Å². The number of likely N-dealkylation sites (tertiary alicyclic amines) is 1. The average Bonchev–Trinajstić information content (AvgIpc) is 3.29. The highest BCUT2D eigenvalue weighted by Gasteiger charge is 2.42. The van der Waals surface area contributed by atoms with Crippen LogP contribution >= 0.6 is 11.6 Å². The second kappa shape index (κ2) is 10.6. The van der Waals surface area contributed by atoms with Crippen molar-refractivity contribution in [2.24, 2.45) is 5.92 Å². The number of fused-ring (bicyclic) bond motifs is 1. The van der Waals surface area contributed by atoms with E-state index in [4.69, 9.17) is 25.9 Å². The van der Waals surface area contributed by atoms with Crippen molar-refractivity contribution in [2.75, 3.05) is 39.3 Å². The number of hydrogen-bond acceptors (Lipinski definition) is 10. The number of halogens is 1. The first-order valence-electron chi connectivity index (χ1n) is 11.1. The molecule has 1 aromatic carbocycles. The highest BCUT2D eigenvalue weighted by atomic mass is 35.5. The molecule has 0 saturated carbocycles. The lowest BCUT2D eigenvalue weighted by Gasteiger charge is -2.36. The van der Waals surface area contributed by atoms with Crippen molar-refractivity contribution >= 4 is 35.1 Å². The Morgan fingerprint density at radius 3 is 2.71 bits per heavy atom. The molecule has 3 atom stereocenters. The number of Topliss-reactive ketones (excluding diaryl/α,β-unsaturated/α-hetero) is 2. The van der Waals surface area contributed by atoms with E-state index in [1.54, 1.807) is 29.2 Å². The van der Waals surface area contributed by atoms with Gasteiger partial charge >= 0.3 is 11.9 Å². The Balaban J connectivity index is 1.59. The summed E-state index contributed by atoms with van der Waals surface area (Å²) >= 11 is 5.89. The molecule has 3 heterocycles. The van der Waals surface area contributed by atoms with Crippen LogP contribution < -0.4 is 10.1 Å². The molecule has 0 radical (unpaired) electrons. The third-order valence-electron chi connectivity index (χ3n) is 6.06. The molecule has 3 unspecified atom stereocenters. The van der Waals surface area contributed by atoms with Crippen LogP contribution in [0.5, 0.6) is 5.75 Å². The summed E-state index contributed by atoms with van der Waals surface area (Å²) in [4.78, 5) is 58.3. The standard InChI is InChI=1S/C23H26ClN3O7/c1-14(28)15-6-8-26(12-15)22(19(29)13-32-17-4-2-16(24)3-5-17)18-10-21(30)33-20-11-25-7-9-27(20)34-23(18)31/h2-5,10,15,20,22,25H,6-9,11-13H2,1H3/b18-10+. The number of carbonyl (C=O) groups excluding carboxylic acids is 4. The first-order chi connectivity index (χ1) is 16.3. The molecule has 0 aromatic heterocycles. The summed E-state index contributed by atoms with van der Waals surface area (Å²) in [5.41, 5.74) is -0.143. The molecule has 2 fully saturated rings. The van der Waals surface area contributed by atoms with E-state index in [2.05, 4.69) is 5.32 Å². The Labute approximate surface area is 201 Å². The van der Waals surface area contributed by atoms with Gasteiger partial charge in [0.15, 0.2) is 12.0 Å². The SMILES string of the molecule is CC(=O)C1CCN(C(C(=O)COc2ccc(Cl)cc2)/C2=C\C(=O)OC3CNCCN3OC2=O)C1. The predicted octanol–water partition coefficient (Wildman–Crippen LogP) is 0.740. The maximum atomic E-state index is 13.4. The molecule has 0 spiro atoms. The summed E-state index contributed by atoms with van der Waals surface area (Å²) in [5.74, 6) is -1.83. The second-order valence-corrected chi connectivity index (χ2v) is 8.85. The van der Waals surface area contributed by atoms with Gasteiger partial charge in [0.1, 0.15) is 24.2 Å². The van der Waals surface area contributed by atoms with Crippen LogP contribution in [0.1, 0.15) is 13.3 Å². The fraction of sp³-hybridized carbons (Fsp3) is 0.478. The van der Waals surface area contributed by atoms with E-state index in [1.165, 1.54) is 12.0 Å². The first kappa shape index (κ1) is 24.3. The molecule has 182 valence electrons. The number of nitrogens with one attached hydrogen (secondary N) is 1. The number of nitrogens with zero attached hydrogens (tertiary/aromatic N) is 2. The van der Waals surface area contributed by atoms with E-state index >= 15 is 0 Å². The summed E-state index contributed by atoms with van der Waals surface area (Å²) in [7, 11) is 0. The minimum atomic E-state index is -1.13. The largest absolute Gasteiger partial charge is 0.486 e. The number of benzene rings is 1. The number of ketones is 2. The van der Waals surface area contributed by atoms with E-state index in [0.29, 0.717) is 43.4 Å². The van der Waals surface area contributed by atoms with Crippen molar-refractivity contribution < 1.29 is 33.5 Å². The molecule has 11 heteroatoms. The van der Waals surface area contributed by atoms with Crippen molar-refractivity contribution in [1.82, 2.24) is 15.3 Å². The smallest absolute Gasteiger partial charge is 0.355 e. The maximum absolute atomic E-state index is 13.4. The fourth-order valence-electron chi connectivity index (χ4n) is 4.26. The predicted molar refractivity (Wildman–Crippen MR) is 120 cm³/mol. The lowest BCUT2D eigenvalue weighted by atomic mass is 10.00. The van der Waals surface area contributed by atoms with Gasteiger partial charge in [0.05, 0.1) is 12.1 Å². The minimum Gasteiger partial charge on any atom is -0.486 e. The molecular formula is C23H26ClN3O7. The van der Waals surface area contributed by atoms with Crippen LogP contribution in [0.15, 0.2) is 35.9 Å². The fourth-order valence-corrected chi connectivity index (χ4v) is 4.39. The average molecular weight is 492 g/mol. The molecule has 1 aromatic rings. The first-order valence-corrected chi connectivity index (χ1v) is 11.5. The van der Waals surface area contributed by atoms with Crippen LogP contribution in [0.3, 0.4) is 0 Å². The summed E-state index contributed by atoms with van der Waals surface area (Å²) in [6.45, 7) is 3.00. The number of ether oxygens (including phenoxy) is 2. The van der Waals surface area contributed by atoms with E-state index in [1.807, 2.05) is 0 Å². The number of piperazine rings is 1. The Hall–Kier alpha value is -2.79. The Morgan fingerprint density at radius 2 is 2.00 bits per heavy atom. The van der Waals surface area contributed by atoms with Crippen molar-refractivity contribution in [3.63, 3.8) is 0 Å². The Bertz CT molecular complexity index is 997. The monoisotopic (exact) mass is 491 g/mol. The van der Waals surface area contributed by atoms with Crippen LogP contribution in [0.2, 0.25) is 5.02 Å². The van der Waals surface area contributed by atoms with Crippen molar-refractivity contribution in [2.45, 2.75) is 25.6 Å². The van der Waals surface area contributed by atoms with Gasteiger partial charge < -0.3 is 19.6 Å². The van der Waals surface area contributed by atoms with Crippen molar-refractivity contribution in [1.29, 1.82) is 0 Å². The summed E-state index contributed by atoms with van der Waals surface area (Å²) in [5, 5.41) is 4.89. The van der Waals surface area contributed by atoms with Gasteiger partial charge in [-0.25, -0.2) is 9.59 Å². The maximum Gasteiger partial charge on any atom is 0.355 e. The second-order valence-electron chi connectivity index (χ2n) is 8.42. The van der Waals surface area contributed by atoms with Gasteiger partial charge in [0.2, 0.25) is 0 Å². The summed E-state index contributed by atoms with van der Waals surface area (Å²) in [6, 6.07) is 5.38. The zero-order valence-electron chi connectivity index (χ0n) is 18.7. The number of esters is 1. The Kier molecular flexibility index (Phi) is 7.62. The highest BCUT2D eigenvalue weighted by Crippen LogP contribution is 2.26. The van der Waals surface area contributed by atoms with Crippen LogP contribution in [0.25, 0.3) is 0 Å². The van der Waals surface area contributed by atoms with Gasteiger partial charge in [0.25, 0.3) is 0 Å².